The third-order valence-electron chi connectivity index (χ3n) is 3.83. The van der Waals surface area contributed by atoms with Gasteiger partial charge in [0.05, 0.1) is 31.4 Å². The van der Waals surface area contributed by atoms with E-state index in [0.29, 0.717) is 17.1 Å². The van der Waals surface area contributed by atoms with E-state index in [-0.39, 0.29) is 12.3 Å². The van der Waals surface area contributed by atoms with Gasteiger partial charge in [-0.2, -0.15) is 10.4 Å². The molecule has 0 aliphatic heterocycles. The van der Waals surface area contributed by atoms with Gasteiger partial charge in [0.25, 0.3) is 0 Å². The number of amides is 1. The first kappa shape index (κ1) is 18.0. The van der Waals surface area contributed by atoms with Gasteiger partial charge in [-0.15, -0.1) is 0 Å². The number of ether oxygens (including phenoxy) is 1. The van der Waals surface area contributed by atoms with Crippen LogP contribution in [0, 0.1) is 11.3 Å². The van der Waals surface area contributed by atoms with E-state index in [9.17, 15) is 4.79 Å². The van der Waals surface area contributed by atoms with E-state index in [1.165, 1.54) is 6.21 Å². The van der Waals surface area contributed by atoms with Crippen LogP contribution in [-0.4, -0.2) is 19.2 Å². The summed E-state index contributed by atoms with van der Waals surface area (Å²) in [5.74, 6) is 1.69. The Kier molecular flexibility index (Phi) is 5.65. The minimum atomic E-state index is -0.227. The molecule has 0 radical (unpaired) electrons. The molecule has 0 aliphatic carbocycles. The molecule has 0 saturated heterocycles. The third-order valence-corrected chi connectivity index (χ3v) is 3.83. The maximum absolute atomic E-state index is 11.9. The van der Waals surface area contributed by atoms with Gasteiger partial charge in [-0.05, 0) is 54.1 Å². The van der Waals surface area contributed by atoms with Gasteiger partial charge in [0, 0.05) is 5.56 Å². The average Bonchev–Trinajstić information content (AvgIpc) is 3.17. The first-order valence-corrected chi connectivity index (χ1v) is 8.23. The summed E-state index contributed by atoms with van der Waals surface area (Å²) in [6.45, 7) is 0. The van der Waals surface area contributed by atoms with Crippen molar-refractivity contribution in [3.63, 3.8) is 0 Å². The van der Waals surface area contributed by atoms with Crippen molar-refractivity contribution in [3.05, 3.63) is 77.6 Å². The molecule has 6 heteroatoms. The molecule has 6 nitrogen and oxygen atoms in total. The van der Waals surface area contributed by atoms with Crippen LogP contribution >= 0.6 is 0 Å². The third kappa shape index (κ3) is 4.83. The first-order valence-electron chi connectivity index (χ1n) is 8.23. The van der Waals surface area contributed by atoms with Crippen molar-refractivity contribution in [2.24, 2.45) is 5.10 Å². The maximum Gasteiger partial charge on any atom is 0.244 e. The quantitative estimate of drug-likeness (QED) is 0.539. The standard InChI is InChI=1S/C21H17N3O3/c1-26-18-8-4-15(5-9-18)12-21(25)24-23-14-19-10-11-20(27-19)17-6-2-16(13-22)3-7-17/h2-11,14H,12H2,1H3,(H,24,25)/b23-14+. The monoisotopic (exact) mass is 359 g/mol. The number of carbonyl (C=O) groups is 1. The zero-order valence-corrected chi connectivity index (χ0v) is 14.7. The lowest BCUT2D eigenvalue weighted by atomic mass is 10.1. The highest BCUT2D eigenvalue weighted by atomic mass is 16.5. The van der Waals surface area contributed by atoms with Crippen molar-refractivity contribution in [2.45, 2.75) is 6.42 Å². The van der Waals surface area contributed by atoms with Crippen LogP contribution in [0.4, 0.5) is 0 Å². The van der Waals surface area contributed by atoms with Gasteiger partial charge in [-0.3, -0.25) is 4.79 Å². The number of hydrogen-bond donors (Lipinski definition) is 1. The summed E-state index contributed by atoms with van der Waals surface area (Å²) in [7, 11) is 1.60. The minimum Gasteiger partial charge on any atom is -0.497 e. The van der Waals surface area contributed by atoms with Crippen molar-refractivity contribution in [1.29, 1.82) is 5.26 Å². The fourth-order valence-electron chi connectivity index (χ4n) is 2.42. The summed E-state index contributed by atoms with van der Waals surface area (Å²) in [4.78, 5) is 11.9. The number of rotatable bonds is 6. The molecule has 2 aromatic carbocycles. The Balaban J connectivity index is 1.55. The lowest BCUT2D eigenvalue weighted by molar-refractivity contribution is -0.120. The Labute approximate surface area is 156 Å². The summed E-state index contributed by atoms with van der Waals surface area (Å²) in [5, 5.41) is 12.8. The number of carbonyl (C=O) groups excluding carboxylic acids is 1. The number of benzene rings is 2. The molecule has 0 aliphatic rings. The summed E-state index contributed by atoms with van der Waals surface area (Å²) >= 11 is 0. The lowest BCUT2D eigenvalue weighted by Gasteiger charge is -2.02. The summed E-state index contributed by atoms with van der Waals surface area (Å²) in [5.41, 5.74) is 4.79. The number of nitrogens with zero attached hydrogens (tertiary/aromatic N) is 2. The van der Waals surface area contributed by atoms with Gasteiger partial charge >= 0.3 is 0 Å². The molecule has 0 atom stereocenters. The zero-order chi connectivity index (χ0) is 19.1. The van der Waals surface area contributed by atoms with Crippen molar-refractivity contribution < 1.29 is 13.9 Å². The van der Waals surface area contributed by atoms with E-state index in [1.54, 1.807) is 37.4 Å². The summed E-state index contributed by atoms with van der Waals surface area (Å²) in [6, 6.07) is 20.0. The fourth-order valence-corrected chi connectivity index (χ4v) is 2.42. The number of furan rings is 1. The number of methoxy groups -OCH3 is 1. The number of nitriles is 1. The van der Waals surface area contributed by atoms with E-state index >= 15 is 0 Å². The topological polar surface area (TPSA) is 87.6 Å². The minimum absolute atomic E-state index is 0.218. The van der Waals surface area contributed by atoms with Crippen LogP contribution < -0.4 is 10.2 Å². The van der Waals surface area contributed by atoms with Gasteiger partial charge in [-0.25, -0.2) is 5.43 Å². The molecule has 0 fully saturated rings. The van der Waals surface area contributed by atoms with Crippen molar-refractivity contribution >= 4 is 12.1 Å². The van der Waals surface area contributed by atoms with Crippen molar-refractivity contribution in [2.75, 3.05) is 7.11 Å². The molecule has 27 heavy (non-hydrogen) atoms. The molecule has 3 rings (SSSR count). The second kappa shape index (κ2) is 8.50. The first-order chi connectivity index (χ1) is 13.2. The fraction of sp³-hybridized carbons (Fsp3) is 0.0952. The molecule has 1 amide bonds. The van der Waals surface area contributed by atoms with Crippen molar-refractivity contribution in [3.8, 4) is 23.1 Å². The van der Waals surface area contributed by atoms with Gasteiger partial charge < -0.3 is 9.15 Å². The Morgan fingerprint density at radius 1 is 1.15 bits per heavy atom. The van der Waals surface area contributed by atoms with Crippen LogP contribution in [0.2, 0.25) is 0 Å². The Bertz CT molecular complexity index is 981. The molecule has 0 spiro atoms. The predicted octanol–water partition coefficient (Wildman–Crippen LogP) is 3.52. The van der Waals surface area contributed by atoms with Crippen LogP contribution in [0.15, 0.2) is 70.2 Å². The van der Waals surface area contributed by atoms with Crippen molar-refractivity contribution in [1.82, 2.24) is 5.43 Å². The second-order valence-corrected chi connectivity index (χ2v) is 5.71. The van der Waals surface area contributed by atoms with Crippen LogP contribution in [-0.2, 0) is 11.2 Å². The smallest absolute Gasteiger partial charge is 0.244 e. The largest absolute Gasteiger partial charge is 0.497 e. The molecule has 0 unspecified atom stereocenters. The highest BCUT2D eigenvalue weighted by Crippen LogP contribution is 2.21. The van der Waals surface area contributed by atoms with Gasteiger partial charge in [0.2, 0.25) is 5.91 Å². The van der Waals surface area contributed by atoms with Crippen LogP contribution in [0.1, 0.15) is 16.9 Å². The molecule has 3 aromatic rings. The zero-order valence-electron chi connectivity index (χ0n) is 14.7. The van der Waals surface area contributed by atoms with E-state index in [0.717, 1.165) is 16.9 Å². The molecule has 134 valence electrons. The van der Waals surface area contributed by atoms with E-state index in [4.69, 9.17) is 14.4 Å². The summed E-state index contributed by atoms with van der Waals surface area (Å²) < 4.78 is 10.8. The molecule has 0 saturated carbocycles. The Hall–Kier alpha value is -3.85. The molecular weight excluding hydrogens is 342 g/mol. The average molecular weight is 359 g/mol. The molecular formula is C21H17N3O3. The van der Waals surface area contributed by atoms with Gasteiger partial charge in [-0.1, -0.05) is 12.1 Å². The molecule has 1 N–H and O–H groups in total. The molecule has 1 aromatic heterocycles. The Morgan fingerprint density at radius 3 is 2.56 bits per heavy atom. The summed E-state index contributed by atoms with van der Waals surface area (Å²) in [6.07, 6.45) is 1.66. The Morgan fingerprint density at radius 2 is 1.89 bits per heavy atom. The van der Waals surface area contributed by atoms with Crippen LogP contribution in [0.3, 0.4) is 0 Å². The lowest BCUT2D eigenvalue weighted by Crippen LogP contribution is -2.19. The highest BCUT2D eigenvalue weighted by Gasteiger charge is 2.05. The normalized spacial score (nSPS) is 10.5. The van der Waals surface area contributed by atoms with Gasteiger partial charge in [0.1, 0.15) is 17.3 Å². The van der Waals surface area contributed by atoms with E-state index in [2.05, 4.69) is 16.6 Å². The van der Waals surface area contributed by atoms with E-state index in [1.807, 2.05) is 30.3 Å². The SMILES string of the molecule is COc1ccc(CC(=O)N/N=C/c2ccc(-c3ccc(C#N)cc3)o2)cc1. The predicted molar refractivity (Wildman–Crippen MR) is 101 cm³/mol. The number of hydrogen-bond acceptors (Lipinski definition) is 5. The maximum atomic E-state index is 11.9. The molecule has 1 heterocycles. The van der Waals surface area contributed by atoms with E-state index < -0.39 is 0 Å². The van der Waals surface area contributed by atoms with Crippen LogP contribution in [0.25, 0.3) is 11.3 Å². The van der Waals surface area contributed by atoms with Crippen LogP contribution in [0.5, 0.6) is 5.75 Å². The number of nitrogens with one attached hydrogen (secondary N) is 1. The molecule has 0 bridgehead atoms. The second-order valence-electron chi connectivity index (χ2n) is 5.71. The van der Waals surface area contributed by atoms with Gasteiger partial charge in [0.15, 0.2) is 0 Å². The highest BCUT2D eigenvalue weighted by molar-refractivity contribution is 5.82. The number of hydrazone groups is 1.